The van der Waals surface area contributed by atoms with Gasteiger partial charge in [-0.15, -0.1) is 0 Å². The Labute approximate surface area is 172 Å². The molecule has 8 nitrogen and oxygen atoms in total. The number of ether oxygens (including phenoxy) is 1. The maximum Gasteiger partial charge on any atom is 0.344 e. The lowest BCUT2D eigenvalue weighted by Gasteiger charge is -2.21. The first-order valence-corrected chi connectivity index (χ1v) is 9.21. The molecule has 3 rings (SSSR count). The van der Waals surface area contributed by atoms with Crippen LogP contribution in [-0.4, -0.2) is 41.0 Å². The van der Waals surface area contributed by atoms with Crippen LogP contribution in [0, 0.1) is 5.82 Å². The molecule has 2 aromatic carbocycles. The van der Waals surface area contributed by atoms with Crippen molar-refractivity contribution >= 4 is 23.8 Å². The molecule has 2 aromatic rings. The zero-order chi connectivity index (χ0) is 21.7. The van der Waals surface area contributed by atoms with E-state index >= 15 is 0 Å². The summed E-state index contributed by atoms with van der Waals surface area (Å²) < 4.78 is 17.9. The highest BCUT2D eigenvalue weighted by Crippen LogP contribution is 2.22. The summed E-state index contributed by atoms with van der Waals surface area (Å²) >= 11 is 0. The summed E-state index contributed by atoms with van der Waals surface area (Å²) in [5.74, 6) is -3.03. The quantitative estimate of drug-likeness (QED) is 0.533. The van der Waals surface area contributed by atoms with Gasteiger partial charge < -0.3 is 10.1 Å². The van der Waals surface area contributed by atoms with E-state index < -0.39 is 41.8 Å². The lowest BCUT2D eigenvalue weighted by molar-refractivity contribution is -0.140. The zero-order valence-electron chi connectivity index (χ0n) is 16.2. The van der Waals surface area contributed by atoms with Gasteiger partial charge >= 0.3 is 12.0 Å². The molecule has 0 saturated carbocycles. The standard InChI is InChI=1S/C21H20FN3O5/c1-21(11-10-14-6-3-2-4-7-14)19(28)25(20(29)23-21)24-17(26)13-30-18(27)15-8-5-9-16(22)12-15/h2-9,12H,10-11,13H2,1H3,(H,23,29)(H,24,26)/t21-/m1/s1. The molecule has 0 radical (unpaired) electrons. The van der Waals surface area contributed by atoms with Gasteiger partial charge in [-0.25, -0.2) is 14.0 Å². The van der Waals surface area contributed by atoms with Gasteiger partial charge in [0.2, 0.25) is 0 Å². The van der Waals surface area contributed by atoms with Crippen LogP contribution in [0.2, 0.25) is 0 Å². The van der Waals surface area contributed by atoms with E-state index in [-0.39, 0.29) is 5.56 Å². The first kappa shape index (κ1) is 21.0. The summed E-state index contributed by atoms with van der Waals surface area (Å²) in [6.07, 6.45) is 0.888. The molecule has 9 heteroatoms. The lowest BCUT2D eigenvalue weighted by atomic mass is 9.93. The van der Waals surface area contributed by atoms with Crippen LogP contribution < -0.4 is 10.7 Å². The van der Waals surface area contributed by atoms with Gasteiger partial charge in [-0.2, -0.15) is 5.01 Å². The summed E-state index contributed by atoms with van der Waals surface area (Å²) in [5.41, 5.74) is 1.89. The van der Waals surface area contributed by atoms with Crippen LogP contribution in [0.4, 0.5) is 9.18 Å². The van der Waals surface area contributed by atoms with E-state index in [9.17, 15) is 23.6 Å². The van der Waals surface area contributed by atoms with Gasteiger partial charge in [0, 0.05) is 0 Å². The van der Waals surface area contributed by atoms with E-state index in [0.717, 1.165) is 17.7 Å². The van der Waals surface area contributed by atoms with E-state index in [2.05, 4.69) is 10.7 Å². The van der Waals surface area contributed by atoms with E-state index in [1.54, 1.807) is 6.92 Å². The predicted octanol–water partition coefficient (Wildman–Crippen LogP) is 1.96. The van der Waals surface area contributed by atoms with Crippen LogP contribution in [0.15, 0.2) is 54.6 Å². The van der Waals surface area contributed by atoms with Crippen molar-refractivity contribution in [2.45, 2.75) is 25.3 Å². The number of hydrazine groups is 1. The predicted molar refractivity (Wildman–Crippen MR) is 103 cm³/mol. The monoisotopic (exact) mass is 413 g/mol. The number of amides is 4. The highest BCUT2D eigenvalue weighted by Gasteiger charge is 2.48. The number of aryl methyl sites for hydroxylation is 1. The molecule has 1 heterocycles. The molecule has 1 atom stereocenters. The van der Waals surface area contributed by atoms with Gasteiger partial charge in [-0.3, -0.25) is 15.0 Å². The molecular formula is C21H20FN3O5. The molecule has 0 spiro atoms. The van der Waals surface area contributed by atoms with Crippen molar-refractivity contribution in [3.8, 4) is 0 Å². The molecule has 1 fully saturated rings. The molecule has 2 N–H and O–H groups in total. The second kappa shape index (κ2) is 8.73. The summed E-state index contributed by atoms with van der Waals surface area (Å²) in [5, 5.41) is 3.15. The maximum atomic E-state index is 13.2. The molecule has 1 aliphatic rings. The Bertz CT molecular complexity index is 982. The third-order valence-electron chi connectivity index (χ3n) is 4.65. The van der Waals surface area contributed by atoms with Gasteiger partial charge in [0.1, 0.15) is 11.4 Å². The fourth-order valence-corrected chi connectivity index (χ4v) is 2.98. The Morgan fingerprint density at radius 2 is 1.87 bits per heavy atom. The highest BCUT2D eigenvalue weighted by molar-refractivity contribution is 6.07. The average molecular weight is 413 g/mol. The zero-order valence-corrected chi connectivity index (χ0v) is 16.2. The Morgan fingerprint density at radius 3 is 2.57 bits per heavy atom. The van der Waals surface area contributed by atoms with Crippen LogP contribution in [0.5, 0.6) is 0 Å². The number of rotatable bonds is 7. The summed E-state index contributed by atoms with van der Waals surface area (Å²) in [4.78, 5) is 48.8. The fraction of sp³-hybridized carbons (Fsp3) is 0.238. The van der Waals surface area contributed by atoms with Crippen molar-refractivity contribution < 1.29 is 28.3 Å². The number of hydrogen-bond donors (Lipinski definition) is 2. The number of carbonyl (C=O) groups is 4. The van der Waals surface area contributed by atoms with Gasteiger partial charge in [0.15, 0.2) is 6.61 Å². The Hall–Kier alpha value is -3.75. The van der Waals surface area contributed by atoms with E-state index in [1.165, 1.54) is 12.1 Å². The van der Waals surface area contributed by atoms with Crippen LogP contribution in [-0.2, 0) is 20.7 Å². The third kappa shape index (κ3) is 4.80. The molecule has 0 aliphatic carbocycles. The van der Waals surface area contributed by atoms with Gasteiger partial charge in [-0.1, -0.05) is 36.4 Å². The van der Waals surface area contributed by atoms with Crippen molar-refractivity contribution in [1.82, 2.24) is 15.8 Å². The number of nitrogens with zero attached hydrogens (tertiary/aromatic N) is 1. The lowest BCUT2D eigenvalue weighted by Crippen LogP contribution is -2.50. The number of hydrogen-bond acceptors (Lipinski definition) is 5. The summed E-state index contributed by atoms with van der Waals surface area (Å²) in [7, 11) is 0. The molecule has 0 aromatic heterocycles. The van der Waals surface area contributed by atoms with Crippen molar-refractivity contribution in [3.63, 3.8) is 0 Å². The smallest absolute Gasteiger partial charge is 0.344 e. The number of carbonyl (C=O) groups excluding carboxylic acids is 4. The second-order valence-corrected chi connectivity index (χ2v) is 7.01. The van der Waals surface area contributed by atoms with Gasteiger partial charge in [0.05, 0.1) is 5.56 Å². The normalized spacial score (nSPS) is 18.1. The minimum absolute atomic E-state index is 0.0636. The third-order valence-corrected chi connectivity index (χ3v) is 4.65. The number of benzene rings is 2. The van der Waals surface area contributed by atoms with Gasteiger partial charge in [0.25, 0.3) is 11.8 Å². The Kier molecular flexibility index (Phi) is 6.10. The number of urea groups is 1. The number of imide groups is 1. The first-order chi connectivity index (χ1) is 14.3. The van der Waals surface area contributed by atoms with E-state index in [1.807, 2.05) is 30.3 Å². The van der Waals surface area contributed by atoms with Crippen molar-refractivity contribution in [3.05, 3.63) is 71.5 Å². The fourth-order valence-electron chi connectivity index (χ4n) is 2.98. The van der Waals surface area contributed by atoms with Crippen molar-refractivity contribution in [2.24, 2.45) is 0 Å². The molecule has 0 bridgehead atoms. The molecule has 1 aliphatic heterocycles. The van der Waals surface area contributed by atoms with Crippen LogP contribution in [0.3, 0.4) is 0 Å². The molecule has 1 saturated heterocycles. The Morgan fingerprint density at radius 1 is 1.13 bits per heavy atom. The average Bonchev–Trinajstić information content (AvgIpc) is 2.94. The largest absolute Gasteiger partial charge is 0.452 e. The molecular weight excluding hydrogens is 393 g/mol. The summed E-state index contributed by atoms with van der Waals surface area (Å²) in [6.45, 7) is 0.833. The number of esters is 1. The van der Waals surface area contributed by atoms with Crippen LogP contribution >= 0.6 is 0 Å². The molecule has 4 amide bonds. The van der Waals surface area contributed by atoms with E-state index in [4.69, 9.17) is 4.74 Å². The number of halogens is 1. The van der Waals surface area contributed by atoms with Gasteiger partial charge in [-0.05, 0) is 43.5 Å². The van der Waals surface area contributed by atoms with E-state index in [0.29, 0.717) is 17.9 Å². The van der Waals surface area contributed by atoms with Crippen LogP contribution in [0.25, 0.3) is 0 Å². The minimum atomic E-state index is -1.18. The minimum Gasteiger partial charge on any atom is -0.452 e. The topological polar surface area (TPSA) is 105 Å². The maximum absolute atomic E-state index is 13.2. The second-order valence-electron chi connectivity index (χ2n) is 7.01. The SMILES string of the molecule is C[C@]1(CCc2ccccc2)NC(=O)N(NC(=O)COC(=O)c2cccc(F)c2)C1=O. The molecule has 30 heavy (non-hydrogen) atoms. The van der Waals surface area contributed by atoms with Crippen molar-refractivity contribution in [1.29, 1.82) is 0 Å². The summed E-state index contributed by atoms with van der Waals surface area (Å²) in [6, 6.07) is 13.5. The van der Waals surface area contributed by atoms with Crippen molar-refractivity contribution in [2.75, 3.05) is 6.61 Å². The highest BCUT2D eigenvalue weighted by atomic mass is 19.1. The first-order valence-electron chi connectivity index (χ1n) is 9.21. The van der Waals surface area contributed by atoms with Crippen LogP contribution in [0.1, 0.15) is 29.3 Å². The molecule has 156 valence electrons. The molecule has 0 unspecified atom stereocenters. The number of nitrogens with one attached hydrogen (secondary N) is 2. The Balaban J connectivity index is 1.54.